The smallest absolute Gasteiger partial charge is 0.119 e. The van der Waals surface area contributed by atoms with Crippen LogP contribution in [0.2, 0.25) is 0 Å². The number of rotatable bonds is 7. The Morgan fingerprint density at radius 2 is 1.42 bits per heavy atom. The van der Waals surface area contributed by atoms with Crippen LogP contribution < -0.4 is 4.74 Å². The Kier molecular flexibility index (Phi) is 6.15. The molecular weight excluding hydrogens is 312 g/mol. The molecule has 0 N–H and O–H groups in total. The first-order chi connectivity index (χ1) is 11.9. The number of hydrogen-bond acceptors (Lipinski definition) is 2. The molecule has 3 rings (SSSR count). The molecular formula is C22H20OS. The predicted molar refractivity (Wildman–Crippen MR) is 103 cm³/mol. The Labute approximate surface area is 148 Å². The van der Waals surface area contributed by atoms with E-state index in [4.69, 9.17) is 4.74 Å². The van der Waals surface area contributed by atoms with Crippen LogP contribution in [-0.2, 0) is 5.75 Å². The molecule has 0 saturated carbocycles. The van der Waals surface area contributed by atoms with E-state index in [-0.39, 0.29) is 0 Å². The van der Waals surface area contributed by atoms with Gasteiger partial charge in [0.05, 0.1) is 0 Å². The van der Waals surface area contributed by atoms with Gasteiger partial charge in [-0.1, -0.05) is 66.7 Å². The summed E-state index contributed by atoms with van der Waals surface area (Å²) in [4.78, 5) is 1.26. The summed E-state index contributed by atoms with van der Waals surface area (Å²) in [5, 5.41) is 0. The van der Waals surface area contributed by atoms with Crippen molar-refractivity contribution in [3.63, 3.8) is 0 Å². The van der Waals surface area contributed by atoms with Crippen molar-refractivity contribution in [3.8, 4) is 5.75 Å². The van der Waals surface area contributed by atoms with Crippen molar-refractivity contribution in [2.45, 2.75) is 10.6 Å². The van der Waals surface area contributed by atoms with Gasteiger partial charge in [0.25, 0.3) is 0 Å². The molecule has 0 atom stereocenters. The van der Waals surface area contributed by atoms with Gasteiger partial charge in [0.1, 0.15) is 12.4 Å². The Hall–Kier alpha value is -2.45. The standard InChI is InChI=1S/C22H20OS/c1-3-8-19(9-4-1)12-7-17-23-21-13-15-22(16-14-21)24-18-20-10-5-2-6-11-20/h1-16H,17-18H2. The molecule has 0 saturated heterocycles. The minimum absolute atomic E-state index is 0.575. The quantitative estimate of drug-likeness (QED) is 0.486. The molecule has 0 aliphatic carbocycles. The highest BCUT2D eigenvalue weighted by Gasteiger charge is 1.97. The van der Waals surface area contributed by atoms with E-state index in [2.05, 4.69) is 54.6 Å². The number of ether oxygens (including phenoxy) is 1. The van der Waals surface area contributed by atoms with E-state index < -0.39 is 0 Å². The highest BCUT2D eigenvalue weighted by Crippen LogP contribution is 2.24. The van der Waals surface area contributed by atoms with E-state index in [0.717, 1.165) is 11.5 Å². The van der Waals surface area contributed by atoms with E-state index >= 15 is 0 Å². The SMILES string of the molecule is C(=Cc1ccccc1)COc1ccc(SCc2ccccc2)cc1. The van der Waals surface area contributed by atoms with Crippen LogP contribution >= 0.6 is 11.8 Å². The Morgan fingerprint density at radius 3 is 2.12 bits per heavy atom. The molecule has 3 aromatic carbocycles. The maximum Gasteiger partial charge on any atom is 0.119 e. The molecule has 120 valence electrons. The molecule has 0 aliphatic rings. The molecule has 0 aromatic heterocycles. The molecule has 2 heteroatoms. The summed E-state index contributed by atoms with van der Waals surface area (Å²) in [6, 6.07) is 29.1. The maximum absolute atomic E-state index is 5.75. The first kappa shape index (κ1) is 16.4. The van der Waals surface area contributed by atoms with Gasteiger partial charge in [-0.2, -0.15) is 0 Å². The maximum atomic E-state index is 5.75. The Morgan fingerprint density at radius 1 is 0.750 bits per heavy atom. The Bertz CT molecular complexity index is 749. The van der Waals surface area contributed by atoms with Gasteiger partial charge in [0.15, 0.2) is 0 Å². The molecule has 0 bridgehead atoms. The lowest BCUT2D eigenvalue weighted by Crippen LogP contribution is -1.92. The molecule has 0 unspecified atom stereocenters. The van der Waals surface area contributed by atoms with E-state index in [1.807, 2.05) is 54.2 Å². The summed E-state index contributed by atoms with van der Waals surface area (Å²) < 4.78 is 5.75. The van der Waals surface area contributed by atoms with Crippen LogP contribution in [0.4, 0.5) is 0 Å². The van der Waals surface area contributed by atoms with Crippen LogP contribution in [0.3, 0.4) is 0 Å². The summed E-state index contributed by atoms with van der Waals surface area (Å²) in [5.41, 5.74) is 2.53. The van der Waals surface area contributed by atoms with Gasteiger partial charge in [-0.3, -0.25) is 0 Å². The fraction of sp³-hybridized carbons (Fsp3) is 0.0909. The molecule has 0 fully saturated rings. The average molecular weight is 332 g/mol. The lowest BCUT2D eigenvalue weighted by atomic mass is 10.2. The first-order valence-corrected chi connectivity index (χ1v) is 9.00. The monoisotopic (exact) mass is 332 g/mol. The Balaban J connectivity index is 1.45. The fourth-order valence-corrected chi connectivity index (χ4v) is 3.12. The van der Waals surface area contributed by atoms with Gasteiger partial charge in [-0.05, 0) is 41.5 Å². The predicted octanol–water partition coefficient (Wildman–Crippen LogP) is 6.07. The zero-order valence-electron chi connectivity index (χ0n) is 13.5. The molecule has 0 spiro atoms. The molecule has 1 nitrogen and oxygen atoms in total. The third-order valence-corrected chi connectivity index (χ3v) is 4.61. The summed E-state index contributed by atoms with van der Waals surface area (Å²) in [7, 11) is 0. The third kappa shape index (κ3) is 5.32. The molecule has 0 amide bonds. The average Bonchev–Trinajstić information content (AvgIpc) is 2.66. The van der Waals surface area contributed by atoms with Crippen molar-refractivity contribution in [3.05, 3.63) is 102 Å². The topological polar surface area (TPSA) is 9.23 Å². The van der Waals surface area contributed by atoms with Gasteiger partial charge in [-0.25, -0.2) is 0 Å². The lowest BCUT2D eigenvalue weighted by Gasteiger charge is -2.05. The van der Waals surface area contributed by atoms with Crippen molar-refractivity contribution < 1.29 is 4.74 Å². The second kappa shape index (κ2) is 8.99. The van der Waals surface area contributed by atoms with Crippen LogP contribution in [-0.4, -0.2) is 6.61 Å². The second-order valence-electron chi connectivity index (χ2n) is 5.37. The minimum atomic E-state index is 0.575. The van der Waals surface area contributed by atoms with Crippen molar-refractivity contribution in [1.82, 2.24) is 0 Å². The summed E-state index contributed by atoms with van der Waals surface area (Å²) in [6.45, 7) is 0.575. The molecule has 0 aliphatic heterocycles. The number of hydrogen-bond donors (Lipinski definition) is 0. The van der Waals surface area contributed by atoms with E-state index in [9.17, 15) is 0 Å². The highest BCUT2D eigenvalue weighted by atomic mass is 32.2. The molecule has 0 heterocycles. The van der Waals surface area contributed by atoms with Gasteiger partial charge >= 0.3 is 0 Å². The van der Waals surface area contributed by atoms with Crippen molar-refractivity contribution >= 4 is 17.8 Å². The van der Waals surface area contributed by atoms with Crippen LogP contribution in [0.15, 0.2) is 95.9 Å². The van der Waals surface area contributed by atoms with Crippen LogP contribution in [0.5, 0.6) is 5.75 Å². The molecule has 24 heavy (non-hydrogen) atoms. The summed E-state index contributed by atoms with van der Waals surface area (Å²) in [6.07, 6.45) is 4.11. The number of benzene rings is 3. The second-order valence-corrected chi connectivity index (χ2v) is 6.42. The van der Waals surface area contributed by atoms with E-state index in [1.54, 1.807) is 0 Å². The van der Waals surface area contributed by atoms with Gasteiger partial charge < -0.3 is 4.74 Å². The fourth-order valence-electron chi connectivity index (χ4n) is 2.27. The van der Waals surface area contributed by atoms with Crippen molar-refractivity contribution in [2.24, 2.45) is 0 Å². The summed E-state index contributed by atoms with van der Waals surface area (Å²) >= 11 is 1.84. The van der Waals surface area contributed by atoms with Crippen molar-refractivity contribution in [1.29, 1.82) is 0 Å². The van der Waals surface area contributed by atoms with Crippen LogP contribution in [0.25, 0.3) is 6.08 Å². The van der Waals surface area contributed by atoms with Gasteiger partial charge in [-0.15, -0.1) is 11.8 Å². The zero-order chi connectivity index (χ0) is 16.5. The molecule has 3 aromatic rings. The largest absolute Gasteiger partial charge is 0.490 e. The lowest BCUT2D eigenvalue weighted by molar-refractivity contribution is 0.363. The summed E-state index contributed by atoms with van der Waals surface area (Å²) in [5.74, 6) is 1.89. The normalized spacial score (nSPS) is 10.8. The van der Waals surface area contributed by atoms with E-state index in [1.165, 1.54) is 16.0 Å². The van der Waals surface area contributed by atoms with Crippen LogP contribution in [0, 0.1) is 0 Å². The number of thioether (sulfide) groups is 1. The van der Waals surface area contributed by atoms with Gasteiger partial charge in [0, 0.05) is 10.6 Å². The van der Waals surface area contributed by atoms with Gasteiger partial charge in [0.2, 0.25) is 0 Å². The minimum Gasteiger partial charge on any atom is -0.490 e. The van der Waals surface area contributed by atoms with Crippen molar-refractivity contribution in [2.75, 3.05) is 6.61 Å². The molecule has 0 radical (unpaired) electrons. The van der Waals surface area contributed by atoms with E-state index in [0.29, 0.717) is 6.61 Å². The van der Waals surface area contributed by atoms with Crippen LogP contribution in [0.1, 0.15) is 11.1 Å². The zero-order valence-corrected chi connectivity index (χ0v) is 14.3. The third-order valence-electron chi connectivity index (χ3n) is 3.53. The first-order valence-electron chi connectivity index (χ1n) is 8.01. The highest BCUT2D eigenvalue weighted by molar-refractivity contribution is 7.98.